The number of carbonyl (C=O) groups is 2. The maximum absolute atomic E-state index is 10.4. The summed E-state index contributed by atoms with van der Waals surface area (Å²) in [6.45, 7) is 4.58. The van der Waals surface area contributed by atoms with Gasteiger partial charge < -0.3 is 9.84 Å². The van der Waals surface area contributed by atoms with Crippen molar-refractivity contribution in [2.24, 2.45) is 0 Å². The molecule has 0 fully saturated rings. The largest absolute Gasteiger partial charge is 0.481 e. The minimum Gasteiger partial charge on any atom is -0.481 e. The van der Waals surface area contributed by atoms with Gasteiger partial charge in [-0.15, -0.1) is 0 Å². The topological polar surface area (TPSA) is 63.6 Å². The number of ether oxygens (including phenoxy) is 1. The summed E-state index contributed by atoms with van der Waals surface area (Å²) in [5, 5.41) is 8.60. The van der Waals surface area contributed by atoms with Gasteiger partial charge in [0.2, 0.25) is 0 Å². The van der Waals surface area contributed by atoms with E-state index in [2.05, 4.69) is 34.5 Å². The van der Waals surface area contributed by atoms with Crippen LogP contribution in [0, 0.1) is 0 Å². The quantitative estimate of drug-likeness (QED) is 0.472. The molecule has 0 aromatic rings. The predicted molar refractivity (Wildman–Crippen MR) is 57.6 cm³/mol. The predicted octanol–water partition coefficient (Wildman–Crippen LogP) is 2.21. The molecule has 0 bridgehead atoms. The average molecular weight is 269 g/mol. The molecule has 0 amide bonds. The summed E-state index contributed by atoms with van der Waals surface area (Å²) >= 11 is 3.02. The van der Waals surface area contributed by atoms with Gasteiger partial charge >= 0.3 is 11.9 Å². The van der Waals surface area contributed by atoms with Crippen LogP contribution >= 0.6 is 15.9 Å². The number of halogens is 1. The molecule has 14 heavy (non-hydrogen) atoms. The summed E-state index contributed by atoms with van der Waals surface area (Å²) < 4.78 is 4.44. The Balaban J connectivity index is 0. The zero-order valence-corrected chi connectivity index (χ0v) is 10.2. The van der Waals surface area contributed by atoms with Gasteiger partial charge in [-0.25, -0.2) is 0 Å². The second-order valence-corrected chi connectivity index (χ2v) is 3.27. The van der Waals surface area contributed by atoms with E-state index in [1.807, 2.05) is 0 Å². The highest BCUT2D eigenvalue weighted by atomic mass is 79.9. The molecule has 0 heterocycles. The molecule has 0 atom stereocenters. The number of hydrogen-bond donors (Lipinski definition) is 1. The standard InChI is InChI=1S/C5H7BrO4.C4H10/c6-1-2-10-5(9)3-4(7)8;1-3-4-2/h1-3H2,(H,7,8);3-4H2,1-2H3. The molecule has 5 heteroatoms. The van der Waals surface area contributed by atoms with Crippen molar-refractivity contribution in [3.63, 3.8) is 0 Å². The Labute approximate surface area is 92.8 Å². The first kappa shape index (κ1) is 15.9. The van der Waals surface area contributed by atoms with E-state index in [0.29, 0.717) is 5.33 Å². The molecule has 0 saturated carbocycles. The molecule has 0 aromatic carbocycles. The van der Waals surface area contributed by atoms with Gasteiger partial charge in [-0.2, -0.15) is 0 Å². The fraction of sp³-hybridized carbons (Fsp3) is 0.778. The lowest BCUT2D eigenvalue weighted by atomic mass is 10.4. The fourth-order valence-corrected chi connectivity index (χ4v) is 0.489. The lowest BCUT2D eigenvalue weighted by Crippen LogP contribution is -2.11. The molecule has 1 N–H and O–H groups in total. The smallest absolute Gasteiger partial charge is 0.317 e. The molecule has 0 spiro atoms. The molecule has 84 valence electrons. The number of aliphatic carboxylic acids is 1. The van der Waals surface area contributed by atoms with E-state index in [0.717, 1.165) is 0 Å². The third-order valence-corrected chi connectivity index (χ3v) is 1.46. The Hall–Kier alpha value is -0.580. The summed E-state index contributed by atoms with van der Waals surface area (Å²) in [6.07, 6.45) is 2.08. The van der Waals surface area contributed by atoms with Crippen LogP contribution in [0.25, 0.3) is 0 Å². The number of hydrogen-bond acceptors (Lipinski definition) is 3. The molecular weight excluding hydrogens is 252 g/mol. The number of carboxylic acid groups (broad SMARTS) is 1. The third-order valence-electron chi connectivity index (χ3n) is 1.14. The summed E-state index contributed by atoms with van der Waals surface area (Å²) in [7, 11) is 0. The maximum atomic E-state index is 10.4. The average Bonchev–Trinajstić information content (AvgIpc) is 2.14. The van der Waals surface area contributed by atoms with Crippen LogP contribution in [-0.4, -0.2) is 29.0 Å². The van der Waals surface area contributed by atoms with Crippen molar-refractivity contribution in [3.05, 3.63) is 0 Å². The van der Waals surface area contributed by atoms with Gasteiger partial charge in [-0.1, -0.05) is 42.6 Å². The number of alkyl halides is 1. The van der Waals surface area contributed by atoms with Crippen LogP contribution < -0.4 is 0 Å². The van der Waals surface area contributed by atoms with Crippen molar-refractivity contribution in [2.75, 3.05) is 11.9 Å². The number of unbranched alkanes of at least 4 members (excludes halogenated alkanes) is 1. The van der Waals surface area contributed by atoms with E-state index in [-0.39, 0.29) is 6.61 Å². The van der Waals surface area contributed by atoms with Gasteiger partial charge in [0.05, 0.1) is 0 Å². The number of carbonyl (C=O) groups excluding carboxylic acids is 1. The lowest BCUT2D eigenvalue weighted by molar-refractivity contribution is -0.150. The highest BCUT2D eigenvalue weighted by molar-refractivity contribution is 9.09. The summed E-state index contributed by atoms with van der Waals surface area (Å²) in [4.78, 5) is 20.2. The van der Waals surface area contributed by atoms with E-state index in [1.54, 1.807) is 0 Å². The van der Waals surface area contributed by atoms with Crippen LogP contribution in [0.5, 0.6) is 0 Å². The number of carboxylic acids is 1. The van der Waals surface area contributed by atoms with Crippen LogP contribution in [0.2, 0.25) is 0 Å². The second-order valence-electron chi connectivity index (χ2n) is 2.48. The molecule has 0 unspecified atom stereocenters. The van der Waals surface area contributed by atoms with Crippen molar-refractivity contribution < 1.29 is 19.4 Å². The molecule has 0 saturated heterocycles. The van der Waals surface area contributed by atoms with Crippen molar-refractivity contribution in [1.82, 2.24) is 0 Å². The van der Waals surface area contributed by atoms with E-state index in [9.17, 15) is 9.59 Å². The molecular formula is C9H17BrO4. The normalized spacial score (nSPS) is 8.50. The minimum atomic E-state index is -1.17. The molecule has 0 aliphatic rings. The first-order chi connectivity index (χ1) is 6.58. The lowest BCUT2D eigenvalue weighted by Gasteiger charge is -1.97. The Bertz CT molecular complexity index is 157. The van der Waals surface area contributed by atoms with Gasteiger partial charge in [-0.05, 0) is 0 Å². The molecule has 0 rings (SSSR count). The monoisotopic (exact) mass is 268 g/mol. The molecule has 0 aromatic heterocycles. The number of rotatable bonds is 5. The molecule has 0 aliphatic heterocycles. The number of esters is 1. The van der Waals surface area contributed by atoms with Crippen molar-refractivity contribution in [3.8, 4) is 0 Å². The van der Waals surface area contributed by atoms with Crippen LogP contribution in [-0.2, 0) is 14.3 Å². The van der Waals surface area contributed by atoms with E-state index in [4.69, 9.17) is 5.11 Å². The van der Waals surface area contributed by atoms with Crippen LogP contribution in [0.1, 0.15) is 33.1 Å². The maximum Gasteiger partial charge on any atom is 0.317 e. The zero-order valence-electron chi connectivity index (χ0n) is 8.59. The van der Waals surface area contributed by atoms with Gasteiger partial charge in [0.25, 0.3) is 0 Å². The van der Waals surface area contributed by atoms with Gasteiger partial charge in [0.15, 0.2) is 0 Å². The highest BCUT2D eigenvalue weighted by Gasteiger charge is 2.07. The Morgan fingerprint density at radius 2 is 1.79 bits per heavy atom. The van der Waals surface area contributed by atoms with Crippen molar-refractivity contribution >= 4 is 27.9 Å². The first-order valence-corrected chi connectivity index (χ1v) is 5.63. The summed E-state index contributed by atoms with van der Waals surface area (Å²) in [5.41, 5.74) is 0. The molecule has 4 nitrogen and oxygen atoms in total. The van der Waals surface area contributed by atoms with Gasteiger partial charge in [-0.3, -0.25) is 9.59 Å². The van der Waals surface area contributed by atoms with Gasteiger partial charge in [0.1, 0.15) is 13.0 Å². The Morgan fingerprint density at radius 3 is 2.07 bits per heavy atom. The third kappa shape index (κ3) is 17.5. The summed E-state index contributed by atoms with van der Waals surface area (Å²) in [5.74, 6) is -1.87. The van der Waals surface area contributed by atoms with E-state index in [1.165, 1.54) is 12.8 Å². The molecule has 0 aliphatic carbocycles. The Kier molecular flexibility index (Phi) is 14.1. The van der Waals surface area contributed by atoms with E-state index >= 15 is 0 Å². The second kappa shape index (κ2) is 12.4. The Morgan fingerprint density at radius 1 is 1.29 bits per heavy atom. The van der Waals surface area contributed by atoms with E-state index < -0.39 is 18.4 Å². The van der Waals surface area contributed by atoms with Crippen LogP contribution in [0.4, 0.5) is 0 Å². The van der Waals surface area contributed by atoms with Crippen LogP contribution in [0.15, 0.2) is 0 Å². The van der Waals surface area contributed by atoms with Crippen molar-refractivity contribution in [1.29, 1.82) is 0 Å². The summed E-state index contributed by atoms with van der Waals surface area (Å²) in [6, 6.07) is 0. The molecule has 0 radical (unpaired) electrons. The SMILES string of the molecule is CCCC.O=C(O)CC(=O)OCCBr. The van der Waals surface area contributed by atoms with Crippen molar-refractivity contribution in [2.45, 2.75) is 33.1 Å². The fourth-order valence-electron chi connectivity index (χ4n) is 0.327. The van der Waals surface area contributed by atoms with Crippen LogP contribution in [0.3, 0.4) is 0 Å². The highest BCUT2D eigenvalue weighted by Crippen LogP contribution is 1.88. The van der Waals surface area contributed by atoms with Gasteiger partial charge in [0, 0.05) is 5.33 Å². The zero-order chi connectivity index (χ0) is 11.4. The minimum absolute atomic E-state index is 0.214. The first-order valence-electron chi connectivity index (χ1n) is 4.51.